The van der Waals surface area contributed by atoms with E-state index in [0.717, 1.165) is 16.5 Å². The maximum Gasteiger partial charge on any atom is 0.259 e. The highest BCUT2D eigenvalue weighted by Gasteiger charge is 2.26. The number of H-pyrrole nitrogens is 2. The summed E-state index contributed by atoms with van der Waals surface area (Å²) < 4.78 is 0. The number of Topliss-reactive ketones (excluding diaryl/α,β-unsaturated/α-hetero) is 1. The number of fused-ring (bicyclic) bond motifs is 2. The molecule has 3 aromatic carbocycles. The van der Waals surface area contributed by atoms with Crippen LogP contribution >= 0.6 is 11.8 Å². The fraction of sp³-hybridized carbons (Fsp3) is 0.0417. The second-order valence-electron chi connectivity index (χ2n) is 6.91. The van der Waals surface area contributed by atoms with Gasteiger partial charge in [-0.1, -0.05) is 72.4 Å². The Hall–Kier alpha value is -3.64. The monoisotopic (exact) mass is 411 g/mol. The highest BCUT2D eigenvalue weighted by atomic mass is 32.2. The summed E-state index contributed by atoms with van der Waals surface area (Å²) >= 11 is 1.26. The van der Waals surface area contributed by atoms with Crippen LogP contribution in [0, 0.1) is 0 Å². The summed E-state index contributed by atoms with van der Waals surface area (Å²) in [4.78, 5) is 36.7. The average molecular weight is 411 g/mol. The van der Waals surface area contributed by atoms with Crippen molar-refractivity contribution in [2.45, 2.75) is 10.4 Å². The lowest BCUT2D eigenvalue weighted by Crippen LogP contribution is -2.13. The maximum absolute atomic E-state index is 13.6. The standard InChI is InChI=1S/C24H17N3O2S/c28-21(18-14-25-19-12-6-4-10-16(18)19)22(15-8-2-1-3-9-15)30-24-26-20-13-7-5-11-17(20)23(29)27-24/h1-14,22,25H,(H,26,27,29). The summed E-state index contributed by atoms with van der Waals surface area (Å²) in [6, 6.07) is 24.5. The number of nitrogens with one attached hydrogen (secondary N) is 2. The van der Waals surface area contributed by atoms with E-state index in [1.54, 1.807) is 24.4 Å². The van der Waals surface area contributed by atoms with Crippen molar-refractivity contribution in [2.75, 3.05) is 0 Å². The van der Waals surface area contributed by atoms with E-state index in [2.05, 4.69) is 15.0 Å². The molecule has 5 aromatic rings. The molecule has 146 valence electrons. The zero-order valence-electron chi connectivity index (χ0n) is 15.8. The first-order chi connectivity index (χ1) is 14.7. The molecule has 0 saturated heterocycles. The molecule has 2 heterocycles. The minimum atomic E-state index is -0.547. The van der Waals surface area contributed by atoms with Gasteiger partial charge in [-0.25, -0.2) is 4.98 Å². The summed E-state index contributed by atoms with van der Waals surface area (Å²) in [5, 5.41) is 1.28. The lowest BCUT2D eigenvalue weighted by atomic mass is 10.0. The quantitative estimate of drug-likeness (QED) is 0.239. The molecule has 0 aliphatic rings. The first-order valence-electron chi connectivity index (χ1n) is 9.52. The van der Waals surface area contributed by atoms with E-state index >= 15 is 0 Å². The van der Waals surface area contributed by atoms with E-state index in [1.165, 1.54) is 11.8 Å². The summed E-state index contributed by atoms with van der Waals surface area (Å²) in [6.07, 6.45) is 1.75. The summed E-state index contributed by atoms with van der Waals surface area (Å²) in [5.41, 5.74) is 2.78. The second-order valence-corrected chi connectivity index (χ2v) is 8.00. The molecule has 2 N–H and O–H groups in total. The van der Waals surface area contributed by atoms with Crippen LogP contribution in [0.5, 0.6) is 0 Å². The van der Waals surface area contributed by atoms with Crippen molar-refractivity contribution in [3.8, 4) is 0 Å². The lowest BCUT2D eigenvalue weighted by molar-refractivity contribution is 0.0991. The number of para-hydroxylation sites is 2. The molecule has 5 nitrogen and oxygen atoms in total. The van der Waals surface area contributed by atoms with Crippen LogP contribution in [0.1, 0.15) is 21.2 Å². The Morgan fingerprint density at radius 3 is 2.40 bits per heavy atom. The predicted octanol–water partition coefficient (Wildman–Crippen LogP) is 5.12. The van der Waals surface area contributed by atoms with Gasteiger partial charge in [0.15, 0.2) is 10.9 Å². The van der Waals surface area contributed by atoms with Crippen molar-refractivity contribution in [1.29, 1.82) is 0 Å². The molecule has 0 bridgehead atoms. The molecule has 1 atom stereocenters. The zero-order chi connectivity index (χ0) is 20.5. The van der Waals surface area contributed by atoms with E-state index in [9.17, 15) is 9.59 Å². The van der Waals surface area contributed by atoms with Gasteiger partial charge in [-0.05, 0) is 23.8 Å². The Kier molecular flexibility index (Phi) is 4.69. The number of ketones is 1. The van der Waals surface area contributed by atoms with Crippen molar-refractivity contribution in [3.05, 3.63) is 107 Å². The zero-order valence-corrected chi connectivity index (χ0v) is 16.6. The van der Waals surface area contributed by atoms with Crippen LogP contribution < -0.4 is 5.56 Å². The van der Waals surface area contributed by atoms with Crippen LogP contribution in [0.4, 0.5) is 0 Å². The predicted molar refractivity (Wildman–Crippen MR) is 120 cm³/mol. The molecule has 0 fully saturated rings. The van der Waals surface area contributed by atoms with Crippen LogP contribution in [0.15, 0.2) is 95.0 Å². The van der Waals surface area contributed by atoms with Crippen molar-refractivity contribution >= 4 is 39.4 Å². The minimum absolute atomic E-state index is 0.0422. The largest absolute Gasteiger partial charge is 0.360 e. The van der Waals surface area contributed by atoms with E-state index < -0.39 is 5.25 Å². The Morgan fingerprint density at radius 1 is 0.867 bits per heavy atom. The third kappa shape index (κ3) is 3.31. The third-order valence-electron chi connectivity index (χ3n) is 5.02. The maximum atomic E-state index is 13.6. The topological polar surface area (TPSA) is 78.6 Å². The van der Waals surface area contributed by atoms with Crippen molar-refractivity contribution in [2.24, 2.45) is 0 Å². The first kappa shape index (κ1) is 18.4. The Balaban J connectivity index is 1.60. The first-order valence-corrected chi connectivity index (χ1v) is 10.4. The van der Waals surface area contributed by atoms with Gasteiger partial charge in [0, 0.05) is 22.7 Å². The van der Waals surface area contributed by atoms with Crippen LogP contribution in [0.3, 0.4) is 0 Å². The number of carbonyl (C=O) groups excluding carboxylic acids is 1. The number of carbonyl (C=O) groups is 1. The Morgan fingerprint density at radius 2 is 1.57 bits per heavy atom. The average Bonchev–Trinajstić information content (AvgIpc) is 3.22. The number of benzene rings is 3. The van der Waals surface area contributed by atoms with Crippen molar-refractivity contribution < 1.29 is 4.79 Å². The summed E-state index contributed by atoms with van der Waals surface area (Å²) in [7, 11) is 0. The van der Waals surface area contributed by atoms with Gasteiger partial charge in [0.2, 0.25) is 0 Å². The highest BCUT2D eigenvalue weighted by Crippen LogP contribution is 2.37. The molecule has 0 saturated carbocycles. The normalized spacial score (nSPS) is 12.3. The number of thioether (sulfide) groups is 1. The Labute approximate surface area is 176 Å². The van der Waals surface area contributed by atoms with Gasteiger partial charge >= 0.3 is 0 Å². The van der Waals surface area contributed by atoms with E-state index in [0.29, 0.717) is 21.6 Å². The molecule has 0 amide bonds. The molecular weight excluding hydrogens is 394 g/mol. The molecular formula is C24H17N3O2S. The third-order valence-corrected chi connectivity index (χ3v) is 6.15. The number of hydrogen-bond acceptors (Lipinski definition) is 4. The fourth-order valence-corrected chi connectivity index (χ4v) is 4.60. The van der Waals surface area contributed by atoms with Gasteiger partial charge in [0.25, 0.3) is 5.56 Å². The molecule has 6 heteroatoms. The number of hydrogen-bond donors (Lipinski definition) is 2. The molecule has 30 heavy (non-hydrogen) atoms. The molecule has 0 aliphatic heterocycles. The summed E-state index contributed by atoms with van der Waals surface area (Å²) in [5.74, 6) is -0.0422. The van der Waals surface area contributed by atoms with E-state index in [4.69, 9.17) is 0 Å². The summed E-state index contributed by atoms with van der Waals surface area (Å²) in [6.45, 7) is 0. The van der Waals surface area contributed by atoms with Gasteiger partial charge < -0.3 is 9.97 Å². The minimum Gasteiger partial charge on any atom is -0.360 e. The van der Waals surface area contributed by atoms with Gasteiger partial charge in [-0.15, -0.1) is 0 Å². The number of rotatable bonds is 5. The van der Waals surface area contributed by atoms with Crippen LogP contribution in [-0.2, 0) is 0 Å². The van der Waals surface area contributed by atoms with Crippen molar-refractivity contribution in [3.63, 3.8) is 0 Å². The van der Waals surface area contributed by atoms with Crippen LogP contribution in [-0.4, -0.2) is 20.7 Å². The Bertz CT molecular complexity index is 1420. The van der Waals surface area contributed by atoms with Gasteiger partial charge in [0.05, 0.1) is 10.9 Å². The number of aromatic nitrogens is 3. The molecule has 2 aromatic heterocycles. The second kappa shape index (κ2) is 7.65. The highest BCUT2D eigenvalue weighted by molar-refractivity contribution is 8.00. The molecule has 0 aliphatic carbocycles. The number of nitrogens with zero attached hydrogens (tertiary/aromatic N) is 1. The van der Waals surface area contributed by atoms with E-state index in [-0.39, 0.29) is 11.3 Å². The molecule has 1 unspecified atom stereocenters. The van der Waals surface area contributed by atoms with E-state index in [1.807, 2.05) is 60.7 Å². The van der Waals surface area contributed by atoms with Gasteiger partial charge in [0.1, 0.15) is 5.25 Å². The van der Waals surface area contributed by atoms with Crippen LogP contribution in [0.2, 0.25) is 0 Å². The fourth-order valence-electron chi connectivity index (χ4n) is 3.55. The molecule has 5 rings (SSSR count). The number of aromatic amines is 2. The van der Waals surface area contributed by atoms with Gasteiger partial charge in [-0.3, -0.25) is 9.59 Å². The van der Waals surface area contributed by atoms with Crippen LogP contribution in [0.25, 0.3) is 21.8 Å². The molecule has 0 radical (unpaired) electrons. The van der Waals surface area contributed by atoms with Gasteiger partial charge in [-0.2, -0.15) is 0 Å². The SMILES string of the molecule is O=C(c1c[nH]c2ccccc12)C(Sc1nc2ccccc2c(=O)[nH]1)c1ccccc1. The molecule has 0 spiro atoms. The van der Waals surface area contributed by atoms with Crippen molar-refractivity contribution in [1.82, 2.24) is 15.0 Å². The smallest absolute Gasteiger partial charge is 0.259 e. The lowest BCUT2D eigenvalue weighted by Gasteiger charge is -2.15.